The Bertz CT molecular complexity index is 534. The second-order valence-electron chi connectivity index (χ2n) is 7.80. The smallest absolute Gasteiger partial charge is 0.377 e. The Morgan fingerprint density at radius 1 is 0.833 bits per heavy atom. The van der Waals surface area contributed by atoms with Gasteiger partial charge in [-0.1, -0.05) is 89.3 Å². The first kappa shape index (κ1) is 26.4. The van der Waals surface area contributed by atoms with E-state index < -0.39 is 11.8 Å². The number of carbonyl (C=O) groups is 1. The maximum atomic E-state index is 12.1. The Morgan fingerprint density at radius 2 is 1.40 bits per heavy atom. The van der Waals surface area contributed by atoms with Gasteiger partial charge in [-0.05, 0) is 25.5 Å². The zero-order chi connectivity index (χ0) is 21.9. The highest BCUT2D eigenvalue weighted by atomic mass is 16.7. The maximum Gasteiger partial charge on any atom is 0.377 e. The van der Waals surface area contributed by atoms with Crippen molar-refractivity contribution in [2.24, 2.45) is 0 Å². The lowest BCUT2D eigenvalue weighted by Gasteiger charge is -2.30. The molecule has 1 aromatic carbocycles. The minimum atomic E-state index is -1.67. The maximum absolute atomic E-state index is 12.1. The lowest BCUT2D eigenvalue weighted by atomic mass is 10.0. The van der Waals surface area contributed by atoms with E-state index in [-0.39, 0.29) is 6.61 Å². The van der Waals surface area contributed by atoms with Gasteiger partial charge in [0, 0.05) is 13.0 Å². The minimum absolute atomic E-state index is 0.186. The van der Waals surface area contributed by atoms with E-state index in [2.05, 4.69) is 6.92 Å². The number of benzene rings is 1. The van der Waals surface area contributed by atoms with Crippen LogP contribution in [0.5, 0.6) is 5.75 Å². The molecule has 0 bridgehead atoms. The first-order chi connectivity index (χ1) is 14.6. The lowest BCUT2D eigenvalue weighted by Crippen LogP contribution is -2.48. The first-order valence-electron chi connectivity index (χ1n) is 11.8. The number of hydrogen-bond donors (Lipinski definition) is 1. The first-order valence-corrected chi connectivity index (χ1v) is 11.8. The van der Waals surface area contributed by atoms with Crippen LogP contribution in [0, 0.1) is 0 Å². The summed E-state index contributed by atoms with van der Waals surface area (Å²) in [4.78, 5) is 12.1. The summed E-state index contributed by atoms with van der Waals surface area (Å²) in [5, 5.41) is 9.91. The number of carboxylic acid groups (broad SMARTS) is 1. The summed E-state index contributed by atoms with van der Waals surface area (Å²) in [5.41, 5.74) is 0. The monoisotopic (exact) mass is 422 g/mol. The zero-order valence-electron chi connectivity index (χ0n) is 19.1. The summed E-state index contributed by atoms with van der Waals surface area (Å²) in [6.45, 7) is 5.25. The highest BCUT2D eigenvalue weighted by Crippen LogP contribution is 2.26. The Morgan fingerprint density at radius 3 is 1.93 bits per heavy atom. The molecule has 0 heterocycles. The molecule has 30 heavy (non-hydrogen) atoms. The Balaban J connectivity index is 2.42. The highest BCUT2D eigenvalue weighted by Gasteiger charge is 2.42. The number of aliphatic carboxylic acids is 1. The molecular weight excluding hydrogens is 380 g/mol. The normalized spacial score (nSPS) is 13.1. The number of rotatable bonds is 20. The van der Waals surface area contributed by atoms with Crippen molar-refractivity contribution in [2.75, 3.05) is 19.8 Å². The van der Waals surface area contributed by atoms with Gasteiger partial charge in [0.25, 0.3) is 0 Å². The van der Waals surface area contributed by atoms with E-state index in [1.165, 1.54) is 51.4 Å². The molecule has 0 aromatic heterocycles. The van der Waals surface area contributed by atoms with Crippen LogP contribution in [0.3, 0.4) is 0 Å². The van der Waals surface area contributed by atoms with Crippen molar-refractivity contribution in [3.8, 4) is 5.75 Å². The molecule has 1 N–H and O–H groups in total. The van der Waals surface area contributed by atoms with E-state index in [0.29, 0.717) is 25.4 Å². The van der Waals surface area contributed by atoms with Crippen molar-refractivity contribution < 1.29 is 24.1 Å². The molecule has 1 rings (SSSR count). The largest absolute Gasteiger partial charge is 0.476 e. The summed E-state index contributed by atoms with van der Waals surface area (Å²) >= 11 is 0. The summed E-state index contributed by atoms with van der Waals surface area (Å²) in [6.07, 6.45) is 13.6. The molecule has 172 valence electrons. The predicted octanol–water partition coefficient (Wildman–Crippen LogP) is 6.60. The van der Waals surface area contributed by atoms with Gasteiger partial charge in [0.1, 0.15) is 5.75 Å². The number of unbranched alkanes of at least 4 members (excludes halogenated alkanes) is 10. The van der Waals surface area contributed by atoms with Crippen molar-refractivity contribution >= 4 is 5.97 Å². The second kappa shape index (κ2) is 17.1. The molecule has 0 radical (unpaired) electrons. The van der Waals surface area contributed by atoms with E-state index in [0.717, 1.165) is 19.3 Å². The Hall–Kier alpha value is -1.59. The van der Waals surface area contributed by atoms with E-state index in [4.69, 9.17) is 14.2 Å². The van der Waals surface area contributed by atoms with Crippen molar-refractivity contribution in [2.45, 2.75) is 96.7 Å². The Labute approximate surface area is 183 Å². The van der Waals surface area contributed by atoms with Crippen molar-refractivity contribution in [3.05, 3.63) is 30.3 Å². The SMILES string of the molecule is CCCCCCCCCCCCCC(OCCOCC)(Oc1ccccc1)C(=O)O. The van der Waals surface area contributed by atoms with E-state index >= 15 is 0 Å². The van der Waals surface area contributed by atoms with Crippen molar-refractivity contribution in [1.82, 2.24) is 0 Å². The molecule has 0 amide bonds. The van der Waals surface area contributed by atoms with Gasteiger partial charge in [0.05, 0.1) is 13.2 Å². The quantitative estimate of drug-likeness (QED) is 0.189. The standard InChI is InChI=1S/C25H42O5/c1-3-5-6-7-8-9-10-11-12-13-17-20-25(24(26)27,29-22-21-28-4-2)30-23-18-15-14-16-19-23/h14-16,18-19H,3-13,17,20-22H2,1-2H3,(H,26,27). The summed E-state index contributed by atoms with van der Waals surface area (Å²) in [5.74, 6) is -2.26. The molecule has 0 aliphatic heterocycles. The van der Waals surface area contributed by atoms with E-state index in [1.54, 1.807) is 12.1 Å². The van der Waals surface area contributed by atoms with Crippen LogP contribution in [0.15, 0.2) is 30.3 Å². The van der Waals surface area contributed by atoms with Gasteiger partial charge in [-0.2, -0.15) is 0 Å². The average Bonchev–Trinajstić information content (AvgIpc) is 2.75. The topological polar surface area (TPSA) is 65.0 Å². The summed E-state index contributed by atoms with van der Waals surface area (Å²) < 4.78 is 16.9. The van der Waals surface area contributed by atoms with Gasteiger partial charge in [-0.25, -0.2) is 4.79 Å². The molecule has 1 unspecified atom stereocenters. The van der Waals surface area contributed by atoms with Crippen molar-refractivity contribution in [3.63, 3.8) is 0 Å². The van der Waals surface area contributed by atoms with E-state index in [9.17, 15) is 9.90 Å². The molecule has 5 heteroatoms. The molecule has 0 aliphatic carbocycles. The van der Waals surface area contributed by atoms with Gasteiger partial charge in [0.2, 0.25) is 0 Å². The number of ether oxygens (including phenoxy) is 3. The van der Waals surface area contributed by atoms with E-state index in [1.807, 2.05) is 25.1 Å². The van der Waals surface area contributed by atoms with Gasteiger partial charge in [-0.3, -0.25) is 0 Å². The van der Waals surface area contributed by atoms with Crippen molar-refractivity contribution in [1.29, 1.82) is 0 Å². The number of hydrogen-bond acceptors (Lipinski definition) is 4. The third kappa shape index (κ3) is 11.6. The van der Waals surface area contributed by atoms with Gasteiger partial charge >= 0.3 is 11.8 Å². The molecule has 5 nitrogen and oxygen atoms in total. The number of para-hydroxylation sites is 1. The van der Waals surface area contributed by atoms with Crippen LogP contribution in [0.2, 0.25) is 0 Å². The molecular formula is C25H42O5. The predicted molar refractivity (Wildman–Crippen MR) is 121 cm³/mol. The zero-order valence-corrected chi connectivity index (χ0v) is 19.1. The second-order valence-corrected chi connectivity index (χ2v) is 7.80. The van der Waals surface area contributed by atoms with Crippen LogP contribution in [0.4, 0.5) is 0 Å². The van der Waals surface area contributed by atoms with Crippen LogP contribution in [0.25, 0.3) is 0 Å². The fourth-order valence-corrected chi connectivity index (χ4v) is 3.48. The van der Waals surface area contributed by atoms with Gasteiger partial charge < -0.3 is 19.3 Å². The van der Waals surface area contributed by atoms with Gasteiger partial charge in [-0.15, -0.1) is 0 Å². The Kier molecular flexibility index (Phi) is 15.1. The number of carboxylic acids is 1. The summed E-state index contributed by atoms with van der Waals surface area (Å²) in [6, 6.07) is 9.03. The minimum Gasteiger partial charge on any atom is -0.476 e. The molecule has 0 saturated carbocycles. The van der Waals surface area contributed by atoms with Gasteiger partial charge in [0.15, 0.2) is 0 Å². The van der Waals surface area contributed by atoms with Crippen LogP contribution >= 0.6 is 0 Å². The molecule has 1 aromatic rings. The van der Waals surface area contributed by atoms with Crippen LogP contribution in [0.1, 0.15) is 90.9 Å². The molecule has 0 spiro atoms. The summed E-state index contributed by atoms with van der Waals surface area (Å²) in [7, 11) is 0. The molecule has 0 aliphatic rings. The molecule has 0 fully saturated rings. The third-order valence-electron chi connectivity index (χ3n) is 5.23. The molecule has 0 saturated heterocycles. The fourth-order valence-electron chi connectivity index (χ4n) is 3.48. The van der Waals surface area contributed by atoms with Crippen LogP contribution in [-0.2, 0) is 14.3 Å². The lowest BCUT2D eigenvalue weighted by molar-refractivity contribution is -0.218. The third-order valence-corrected chi connectivity index (χ3v) is 5.23. The highest BCUT2D eigenvalue weighted by molar-refractivity contribution is 5.76. The van der Waals surface area contributed by atoms with Crippen LogP contribution in [-0.4, -0.2) is 36.7 Å². The average molecular weight is 423 g/mol. The van der Waals surface area contributed by atoms with Crippen LogP contribution < -0.4 is 4.74 Å². The fraction of sp³-hybridized carbons (Fsp3) is 0.720. The molecule has 1 atom stereocenters.